The van der Waals surface area contributed by atoms with Crippen molar-refractivity contribution < 1.29 is 4.79 Å². The number of nitrogens with zero attached hydrogens (tertiary/aromatic N) is 3. The van der Waals surface area contributed by atoms with E-state index < -0.39 is 11.5 Å². The molecule has 0 spiro atoms. The summed E-state index contributed by atoms with van der Waals surface area (Å²) in [5.41, 5.74) is 1.58. The van der Waals surface area contributed by atoms with Gasteiger partial charge in [-0.1, -0.05) is 44.0 Å². The van der Waals surface area contributed by atoms with Gasteiger partial charge in [0.25, 0.3) is 5.56 Å². The maximum Gasteiger partial charge on any atom is 0.266 e. The average Bonchev–Trinajstić information content (AvgIpc) is 2.81. The first-order valence-electron chi connectivity index (χ1n) is 11.7. The van der Waals surface area contributed by atoms with E-state index in [9.17, 15) is 9.59 Å². The summed E-state index contributed by atoms with van der Waals surface area (Å²) in [5, 5.41) is 0.555. The summed E-state index contributed by atoms with van der Waals surface area (Å²) in [7, 11) is 0. The van der Waals surface area contributed by atoms with E-state index in [1.54, 1.807) is 10.6 Å². The minimum Gasteiger partial charge on any atom is -0.332 e. The third kappa shape index (κ3) is 5.30. The van der Waals surface area contributed by atoms with Crippen LogP contribution in [-0.2, 0) is 4.79 Å². The number of carbonyl (C=O) groups is 1. The van der Waals surface area contributed by atoms with Gasteiger partial charge in [-0.2, -0.15) is 0 Å². The Morgan fingerprint density at radius 3 is 2.55 bits per heavy atom. The number of hydrogen-bond donors (Lipinski definition) is 0. The number of para-hydroxylation sites is 1. The summed E-state index contributed by atoms with van der Waals surface area (Å²) in [5.74, 6) is 0.748. The van der Waals surface area contributed by atoms with Crippen LogP contribution >= 0.6 is 11.6 Å². The molecule has 33 heavy (non-hydrogen) atoms. The van der Waals surface area contributed by atoms with Crippen molar-refractivity contribution in [3.63, 3.8) is 0 Å². The molecule has 0 radical (unpaired) electrons. The summed E-state index contributed by atoms with van der Waals surface area (Å²) >= 11 is 6.17. The number of aromatic nitrogens is 2. The first-order valence-corrected chi connectivity index (χ1v) is 12.2. The number of carbonyl (C=O) groups excluding carboxylic acids is 1. The molecule has 0 saturated heterocycles. The molecule has 0 fully saturated rings. The van der Waals surface area contributed by atoms with Crippen molar-refractivity contribution in [2.24, 2.45) is 5.41 Å². The molecule has 0 N–H and O–H groups in total. The second-order valence-corrected chi connectivity index (χ2v) is 9.63. The number of hydrogen-bond acceptors (Lipinski definition) is 3. The van der Waals surface area contributed by atoms with Crippen LogP contribution in [0, 0.1) is 12.3 Å². The second-order valence-electron chi connectivity index (χ2n) is 9.37. The molecule has 6 heteroatoms. The highest BCUT2D eigenvalue weighted by Crippen LogP contribution is 2.29. The number of rotatable bonds is 9. The Morgan fingerprint density at radius 2 is 1.88 bits per heavy atom. The Balaban J connectivity index is 2.23. The first kappa shape index (κ1) is 25.0. The quantitative estimate of drug-likeness (QED) is 0.285. The maximum atomic E-state index is 13.7. The van der Waals surface area contributed by atoms with Crippen molar-refractivity contribution in [3.8, 4) is 5.69 Å². The normalized spacial score (nSPS) is 12.7. The summed E-state index contributed by atoms with van der Waals surface area (Å²) < 4.78 is 1.66. The van der Waals surface area contributed by atoms with Crippen molar-refractivity contribution in [3.05, 3.63) is 70.3 Å². The number of fused-ring (bicyclic) bond motifs is 1. The fraction of sp³-hybridized carbons (Fsp3) is 0.444. The van der Waals surface area contributed by atoms with Gasteiger partial charge in [-0.3, -0.25) is 14.2 Å². The highest BCUT2D eigenvalue weighted by Gasteiger charge is 2.35. The largest absolute Gasteiger partial charge is 0.332 e. The highest BCUT2D eigenvalue weighted by molar-refractivity contribution is 6.19. The van der Waals surface area contributed by atoms with Crippen molar-refractivity contribution in [2.45, 2.75) is 59.9 Å². The van der Waals surface area contributed by atoms with E-state index >= 15 is 0 Å². The van der Waals surface area contributed by atoms with Crippen molar-refractivity contribution in [1.29, 1.82) is 0 Å². The monoisotopic (exact) mass is 467 g/mol. The Labute approximate surface area is 201 Å². The van der Waals surface area contributed by atoms with Gasteiger partial charge in [-0.15, -0.1) is 11.6 Å². The molecule has 1 aromatic heterocycles. The minimum absolute atomic E-state index is 0.0284. The van der Waals surface area contributed by atoms with Gasteiger partial charge in [0.2, 0.25) is 5.91 Å². The number of halogens is 1. The second kappa shape index (κ2) is 10.5. The summed E-state index contributed by atoms with van der Waals surface area (Å²) in [4.78, 5) is 34.0. The molecule has 176 valence electrons. The zero-order valence-corrected chi connectivity index (χ0v) is 21.0. The summed E-state index contributed by atoms with van der Waals surface area (Å²) in [6.07, 6.45) is 2.96. The van der Waals surface area contributed by atoms with Gasteiger partial charge in [0.05, 0.1) is 28.0 Å². The molecule has 3 aromatic rings. The van der Waals surface area contributed by atoms with E-state index in [0.717, 1.165) is 30.5 Å². The SMILES string of the molecule is CCCCCN(C(=O)C(C)(C)CCl)C(C)c1nc2ccccc2c(=O)n1-c1cccc(C)c1. The number of alkyl halides is 1. The van der Waals surface area contributed by atoms with Crippen LogP contribution in [0.25, 0.3) is 16.6 Å². The molecule has 0 aliphatic carbocycles. The lowest BCUT2D eigenvalue weighted by Gasteiger charge is -2.35. The van der Waals surface area contributed by atoms with E-state index in [0.29, 0.717) is 23.3 Å². The molecular formula is C27H34ClN3O2. The Morgan fingerprint density at radius 1 is 1.15 bits per heavy atom. The van der Waals surface area contributed by atoms with Crippen LogP contribution in [0.4, 0.5) is 0 Å². The fourth-order valence-electron chi connectivity index (χ4n) is 4.04. The van der Waals surface area contributed by atoms with Gasteiger partial charge in [-0.05, 0) is 63.9 Å². The number of aryl methyl sites for hydroxylation is 1. The van der Waals surface area contributed by atoms with Gasteiger partial charge < -0.3 is 4.90 Å². The van der Waals surface area contributed by atoms with Gasteiger partial charge in [-0.25, -0.2) is 4.98 Å². The third-order valence-corrected chi connectivity index (χ3v) is 6.75. The summed E-state index contributed by atoms with van der Waals surface area (Å²) in [6, 6.07) is 14.8. The molecule has 1 unspecified atom stereocenters. The number of amides is 1. The fourth-order valence-corrected chi connectivity index (χ4v) is 4.15. The van der Waals surface area contributed by atoms with Crippen LogP contribution in [0.2, 0.25) is 0 Å². The Bertz CT molecular complexity index is 1190. The predicted molar refractivity (Wildman–Crippen MR) is 136 cm³/mol. The van der Waals surface area contributed by atoms with Crippen LogP contribution in [0.1, 0.15) is 64.4 Å². The topological polar surface area (TPSA) is 55.2 Å². The highest BCUT2D eigenvalue weighted by atomic mass is 35.5. The van der Waals surface area contributed by atoms with Crippen LogP contribution in [0.15, 0.2) is 53.3 Å². The average molecular weight is 468 g/mol. The molecule has 2 aromatic carbocycles. The van der Waals surface area contributed by atoms with E-state index in [2.05, 4.69) is 6.92 Å². The molecule has 1 amide bonds. The molecule has 3 rings (SSSR count). The molecule has 5 nitrogen and oxygen atoms in total. The first-order chi connectivity index (χ1) is 15.7. The molecule has 0 aliphatic rings. The van der Waals surface area contributed by atoms with E-state index in [-0.39, 0.29) is 17.3 Å². The lowest BCUT2D eigenvalue weighted by Crippen LogP contribution is -2.45. The molecule has 1 atom stereocenters. The standard InChI is InChI=1S/C27H34ClN3O2/c1-6-7-10-16-30(26(33)27(4,5)18-28)20(3)24-29-23-15-9-8-14-22(23)25(32)31(24)21-13-11-12-19(2)17-21/h8-9,11-15,17,20H,6-7,10,16,18H2,1-5H3. The smallest absolute Gasteiger partial charge is 0.266 e. The van der Waals surface area contributed by atoms with Gasteiger partial charge >= 0.3 is 0 Å². The molecule has 0 saturated carbocycles. The molecular weight excluding hydrogens is 434 g/mol. The lowest BCUT2D eigenvalue weighted by molar-refractivity contribution is -0.141. The van der Waals surface area contributed by atoms with E-state index in [4.69, 9.17) is 16.6 Å². The van der Waals surface area contributed by atoms with E-state index in [1.165, 1.54) is 0 Å². The third-order valence-electron chi connectivity index (χ3n) is 6.08. The van der Waals surface area contributed by atoms with Gasteiger partial charge in [0, 0.05) is 12.4 Å². The molecule has 0 bridgehead atoms. The predicted octanol–water partition coefficient (Wildman–Crippen LogP) is 6.04. The zero-order chi connectivity index (χ0) is 24.2. The van der Waals surface area contributed by atoms with Crippen LogP contribution in [-0.4, -0.2) is 32.8 Å². The Hall–Kier alpha value is -2.66. The van der Waals surface area contributed by atoms with Crippen LogP contribution in [0.5, 0.6) is 0 Å². The zero-order valence-electron chi connectivity index (χ0n) is 20.3. The minimum atomic E-state index is -0.715. The van der Waals surface area contributed by atoms with Crippen LogP contribution in [0.3, 0.4) is 0 Å². The Kier molecular flexibility index (Phi) is 7.96. The van der Waals surface area contributed by atoms with Crippen molar-refractivity contribution in [1.82, 2.24) is 14.5 Å². The number of benzene rings is 2. The van der Waals surface area contributed by atoms with Crippen LogP contribution < -0.4 is 5.56 Å². The molecule has 0 aliphatic heterocycles. The lowest BCUT2D eigenvalue weighted by atomic mass is 9.93. The van der Waals surface area contributed by atoms with Gasteiger partial charge in [0.15, 0.2) is 0 Å². The van der Waals surface area contributed by atoms with Crippen molar-refractivity contribution >= 4 is 28.4 Å². The summed E-state index contributed by atoms with van der Waals surface area (Å²) in [6.45, 7) is 10.4. The van der Waals surface area contributed by atoms with Crippen molar-refractivity contribution in [2.75, 3.05) is 12.4 Å². The molecule has 1 heterocycles. The van der Waals surface area contributed by atoms with E-state index in [1.807, 2.05) is 75.1 Å². The number of unbranched alkanes of at least 4 members (excludes halogenated alkanes) is 2. The van der Waals surface area contributed by atoms with Gasteiger partial charge in [0.1, 0.15) is 5.82 Å². The maximum absolute atomic E-state index is 13.7.